The number of likely N-dealkylation sites (tertiary alicyclic amines) is 2. The number of nitrogens with zero attached hydrogens (tertiary/aromatic N) is 12. The second kappa shape index (κ2) is 21.7. The number of aryl methyl sites for hydroxylation is 4. The molecule has 6 aliphatic heterocycles. The van der Waals surface area contributed by atoms with Gasteiger partial charge in [-0.15, -0.1) is 0 Å². The summed E-state index contributed by atoms with van der Waals surface area (Å²) in [6.45, 7) is 18.1. The Morgan fingerprint density at radius 3 is 1.33 bits per heavy atom. The molecule has 2 N–H and O–H groups in total. The molecule has 72 heavy (non-hydrogen) atoms. The number of ether oxygens (including phenoxy) is 4. The number of anilines is 2. The van der Waals surface area contributed by atoms with Gasteiger partial charge in [0.1, 0.15) is 23.3 Å². The van der Waals surface area contributed by atoms with Crippen molar-refractivity contribution < 1.29 is 31.9 Å². The third-order valence-corrected chi connectivity index (χ3v) is 15.7. The number of benzene rings is 2. The van der Waals surface area contributed by atoms with Crippen molar-refractivity contribution in [2.75, 3.05) is 115 Å². The minimum absolute atomic E-state index is 0.00513. The summed E-state index contributed by atoms with van der Waals surface area (Å²) in [5.41, 5.74) is 7.39. The summed E-state index contributed by atoms with van der Waals surface area (Å²) in [7, 11) is 0. The Hall–Kier alpha value is -5.18. The molecular formula is C54H72N12O6. The van der Waals surface area contributed by atoms with E-state index in [1.807, 2.05) is 47.7 Å². The summed E-state index contributed by atoms with van der Waals surface area (Å²) in [5.74, 6) is 5.42. The van der Waals surface area contributed by atoms with Crippen LogP contribution in [0.15, 0.2) is 48.8 Å². The maximum Gasteiger partial charge on any atom is 0.159 e. The van der Waals surface area contributed by atoms with Crippen molar-refractivity contribution in [2.45, 2.75) is 102 Å². The molecule has 0 amide bonds. The van der Waals surface area contributed by atoms with E-state index in [4.69, 9.17) is 41.9 Å². The zero-order valence-corrected chi connectivity index (χ0v) is 42.4. The van der Waals surface area contributed by atoms with Crippen LogP contribution in [0.1, 0.15) is 87.0 Å². The molecule has 6 fully saturated rings. The molecule has 4 atom stereocenters. The van der Waals surface area contributed by atoms with E-state index in [-0.39, 0.29) is 25.4 Å². The van der Waals surface area contributed by atoms with Gasteiger partial charge in [-0.2, -0.15) is 10.2 Å². The molecule has 2 aromatic carbocycles. The van der Waals surface area contributed by atoms with Gasteiger partial charge in [0, 0.05) is 77.1 Å². The molecule has 2 unspecified atom stereocenters. The molecule has 18 heteroatoms. The van der Waals surface area contributed by atoms with Gasteiger partial charge in [0.05, 0.1) is 75.3 Å². The van der Waals surface area contributed by atoms with Crippen molar-refractivity contribution in [1.82, 2.24) is 49.3 Å². The van der Waals surface area contributed by atoms with Gasteiger partial charge in [0.15, 0.2) is 11.6 Å². The lowest BCUT2D eigenvalue weighted by atomic mass is 9.86. The first kappa shape index (κ1) is 46.6. The molecule has 6 aromatic rings. The molecule has 0 radical (unpaired) electrons. The van der Waals surface area contributed by atoms with Crippen LogP contribution in [0.3, 0.4) is 0 Å². The molecule has 0 saturated carbocycles. The van der Waals surface area contributed by atoms with Crippen LogP contribution in [0.5, 0.6) is 0 Å². The molecule has 18 nitrogen and oxygen atoms in total. The number of rotatable bonds is 10. The highest BCUT2D eigenvalue weighted by Crippen LogP contribution is 2.37. The smallest absolute Gasteiger partial charge is 0.159 e. The number of aliphatic hydroxyl groups is 2. The zero-order chi connectivity index (χ0) is 51.1. The number of piperidine rings is 2. The summed E-state index contributed by atoms with van der Waals surface area (Å²) < 4.78 is 43.7. The molecular weight excluding hydrogens is 913 g/mol. The van der Waals surface area contributed by atoms with Crippen molar-refractivity contribution in [1.29, 1.82) is 0 Å². The van der Waals surface area contributed by atoms with Crippen molar-refractivity contribution in [2.24, 2.45) is 0 Å². The van der Waals surface area contributed by atoms with Crippen molar-refractivity contribution in [3.8, 4) is 11.6 Å². The van der Waals surface area contributed by atoms with Gasteiger partial charge in [0.2, 0.25) is 0 Å². The van der Waals surface area contributed by atoms with Crippen molar-refractivity contribution in [3.05, 3.63) is 82.7 Å². The van der Waals surface area contributed by atoms with E-state index < -0.39 is 12.0 Å². The number of fused-ring (bicyclic) bond motifs is 2. The molecule has 12 rings (SSSR count). The van der Waals surface area contributed by atoms with Crippen LogP contribution in [0.4, 0.5) is 11.6 Å². The predicted molar refractivity (Wildman–Crippen MR) is 276 cm³/mol. The number of hydrogen-bond acceptors (Lipinski definition) is 16. The lowest BCUT2D eigenvalue weighted by Crippen LogP contribution is -2.44. The van der Waals surface area contributed by atoms with E-state index in [0.29, 0.717) is 76.2 Å². The topological polar surface area (TPSA) is 178 Å². The minimum Gasteiger partial charge on any atom is -0.394 e. The van der Waals surface area contributed by atoms with Crippen LogP contribution in [0.25, 0.3) is 33.4 Å². The van der Waals surface area contributed by atoms with Gasteiger partial charge < -0.3 is 39.0 Å². The molecule has 384 valence electrons. The predicted octanol–water partition coefficient (Wildman–Crippen LogP) is 5.20. The lowest BCUT2D eigenvalue weighted by Gasteiger charge is -2.36. The summed E-state index contributed by atoms with van der Waals surface area (Å²) in [5, 5.41) is 30.7. The Morgan fingerprint density at radius 1 is 0.528 bits per heavy atom. The fourth-order valence-electron chi connectivity index (χ4n) is 11.8. The standard InChI is InChI=1S/2C27H36N6O3/c2*1-18-11-21-14-28-33(27-13-26(29-19(2)30-27)32-8-10-36-23(15-32)16-34)25(21)12-24(18)20-3-6-31(7-4-20)22-5-9-35-17-22/h2*11-14,20,22-23,34H,3-10,15-17H2,1-2H3/t2*22?,23-/m11/s1/i2*22D. The van der Waals surface area contributed by atoms with E-state index in [1.54, 1.807) is 0 Å². The number of morpholine rings is 2. The summed E-state index contributed by atoms with van der Waals surface area (Å²) in [6.07, 6.45) is 9.17. The summed E-state index contributed by atoms with van der Waals surface area (Å²) >= 11 is 0. The van der Waals surface area contributed by atoms with E-state index in [9.17, 15) is 10.2 Å². The molecule has 0 bridgehead atoms. The Labute approximate surface area is 425 Å². The molecule has 6 aliphatic rings. The second-order valence-corrected chi connectivity index (χ2v) is 20.4. The first-order chi connectivity index (χ1) is 35.9. The molecule has 4 aromatic heterocycles. The van der Waals surface area contributed by atoms with Gasteiger partial charge in [-0.1, -0.05) is 0 Å². The fraction of sp³-hybridized carbons (Fsp3) is 0.593. The van der Waals surface area contributed by atoms with E-state index in [0.717, 1.165) is 123 Å². The Bertz CT molecular complexity index is 2730. The van der Waals surface area contributed by atoms with Gasteiger partial charge in [-0.05, 0) is 151 Å². The average molecular weight is 987 g/mol. The van der Waals surface area contributed by atoms with E-state index >= 15 is 0 Å². The Morgan fingerprint density at radius 2 is 0.944 bits per heavy atom. The second-order valence-electron chi connectivity index (χ2n) is 20.4. The van der Waals surface area contributed by atoms with Gasteiger partial charge in [-0.3, -0.25) is 9.80 Å². The van der Waals surface area contributed by atoms with Gasteiger partial charge in [0.25, 0.3) is 0 Å². The number of hydrogen-bond donors (Lipinski definition) is 2. The van der Waals surface area contributed by atoms with Crippen LogP contribution >= 0.6 is 0 Å². The third-order valence-electron chi connectivity index (χ3n) is 15.7. The van der Waals surface area contributed by atoms with Gasteiger partial charge >= 0.3 is 0 Å². The van der Waals surface area contributed by atoms with Crippen LogP contribution in [0.2, 0.25) is 0 Å². The highest BCUT2D eigenvalue weighted by atomic mass is 16.5. The SMILES string of the molecule is [2H]C1(N2CCC(c3cc4c(cnn4-c4cc(N5CCO[C@@H](CO)C5)nc(C)n4)cc3C)CC2)CCOC1.[2H]C1(N2CCC(c3cc4c(cnn4-c4cc(N5CCO[C@@H](CO)C5)nc(C)n4)cc3C)CC2)CCOC1. The maximum atomic E-state index is 9.56. The number of aliphatic hydroxyl groups excluding tert-OH is 2. The monoisotopic (exact) mass is 987 g/mol. The third kappa shape index (κ3) is 10.5. The van der Waals surface area contributed by atoms with E-state index in [1.165, 1.54) is 22.3 Å². The fourth-order valence-corrected chi connectivity index (χ4v) is 11.8. The lowest BCUT2D eigenvalue weighted by molar-refractivity contribution is 0.00333. The summed E-state index contributed by atoms with van der Waals surface area (Å²) in [6, 6.07) is 11.9. The zero-order valence-electron chi connectivity index (χ0n) is 44.4. The first-order valence-corrected chi connectivity index (χ1v) is 26.2. The van der Waals surface area contributed by atoms with Gasteiger partial charge in [-0.25, -0.2) is 29.3 Å². The summed E-state index contributed by atoms with van der Waals surface area (Å²) in [4.78, 5) is 27.7. The van der Waals surface area contributed by atoms with Crippen molar-refractivity contribution in [3.63, 3.8) is 0 Å². The maximum absolute atomic E-state index is 9.56. The Kier molecular flexibility index (Phi) is 14.1. The van der Waals surface area contributed by atoms with E-state index in [2.05, 4.69) is 67.7 Å². The quantitative estimate of drug-likeness (QED) is 0.183. The Balaban J connectivity index is 0.000000159. The normalized spacial score (nSPS) is 26.6. The minimum atomic E-state index is -0.553. The molecule has 0 spiro atoms. The number of aromatic nitrogens is 8. The highest BCUT2D eigenvalue weighted by molar-refractivity contribution is 5.83. The largest absolute Gasteiger partial charge is 0.394 e. The van der Waals surface area contributed by atoms with Crippen molar-refractivity contribution >= 4 is 33.4 Å². The average Bonchev–Trinajstić information content (AvgIpc) is 4.26. The van der Waals surface area contributed by atoms with Crippen LogP contribution < -0.4 is 9.80 Å². The first-order valence-electron chi connectivity index (χ1n) is 27.2. The van der Waals surface area contributed by atoms with Crippen LogP contribution in [0, 0.1) is 27.7 Å². The highest BCUT2D eigenvalue weighted by Gasteiger charge is 2.32. The van der Waals surface area contributed by atoms with Crippen LogP contribution in [-0.2, 0) is 18.9 Å². The van der Waals surface area contributed by atoms with Crippen LogP contribution in [-0.4, -0.2) is 189 Å². The molecule has 10 heterocycles. The molecule has 6 saturated heterocycles. The molecule has 0 aliphatic carbocycles.